The number of anilines is 2. The molecule has 1 aliphatic heterocycles. The highest BCUT2D eigenvalue weighted by Gasteiger charge is 2.30. The van der Waals surface area contributed by atoms with Crippen molar-refractivity contribution in [1.29, 1.82) is 0 Å². The third-order valence-corrected chi connectivity index (χ3v) is 6.07. The summed E-state index contributed by atoms with van der Waals surface area (Å²) in [5.74, 6) is -0.145. The van der Waals surface area contributed by atoms with Crippen LogP contribution < -0.4 is 10.6 Å². The lowest BCUT2D eigenvalue weighted by Gasteiger charge is -2.37. The topological polar surface area (TPSA) is 58.8 Å². The molecule has 0 saturated carbocycles. The first-order valence-corrected chi connectivity index (χ1v) is 10.5. The molecule has 156 valence electrons. The molecule has 5 heteroatoms. The van der Waals surface area contributed by atoms with Crippen LogP contribution in [0.2, 0.25) is 0 Å². The van der Waals surface area contributed by atoms with Gasteiger partial charge in [0, 0.05) is 43.0 Å². The van der Waals surface area contributed by atoms with E-state index in [-0.39, 0.29) is 11.4 Å². The number of carbonyl (C=O) groups excluding carboxylic acids is 1. The van der Waals surface area contributed by atoms with Crippen molar-refractivity contribution in [1.82, 2.24) is 4.90 Å². The maximum absolute atomic E-state index is 12.0. The highest BCUT2D eigenvalue weighted by Crippen LogP contribution is 2.33. The summed E-state index contributed by atoms with van der Waals surface area (Å²) < 4.78 is 4.96. The number of hydrogen-bond acceptors (Lipinski definition) is 5. The maximum Gasteiger partial charge on any atom is 0.306 e. The number of ether oxygens (including phenoxy) is 1. The number of benzene rings is 2. The highest BCUT2D eigenvalue weighted by atomic mass is 16.5. The molecule has 0 spiro atoms. The van der Waals surface area contributed by atoms with Crippen LogP contribution in [0.5, 0.6) is 0 Å². The smallest absolute Gasteiger partial charge is 0.306 e. The first-order chi connectivity index (χ1) is 14.0. The Kier molecular flexibility index (Phi) is 7.15. The maximum atomic E-state index is 12.0. The molecule has 1 fully saturated rings. The van der Waals surface area contributed by atoms with Gasteiger partial charge in [-0.05, 0) is 49.2 Å². The standard InChI is InChI=1S/C24H33N3O2/c1-24(19-23(28)29-2,20-7-4-3-5-8-20)13-6-14-26-15-17-27(18-16-26)22-11-9-21(25)10-12-22/h3-5,7-12H,6,13-19,25H2,1-2H3. The van der Waals surface area contributed by atoms with E-state index in [0.717, 1.165) is 51.3 Å². The summed E-state index contributed by atoms with van der Waals surface area (Å²) in [5, 5.41) is 0. The van der Waals surface area contributed by atoms with Crippen LogP contribution in [0.3, 0.4) is 0 Å². The van der Waals surface area contributed by atoms with E-state index in [4.69, 9.17) is 10.5 Å². The summed E-state index contributed by atoms with van der Waals surface area (Å²) >= 11 is 0. The third-order valence-electron chi connectivity index (χ3n) is 6.07. The van der Waals surface area contributed by atoms with Crippen molar-refractivity contribution < 1.29 is 9.53 Å². The molecule has 0 aliphatic carbocycles. The highest BCUT2D eigenvalue weighted by molar-refractivity contribution is 5.71. The van der Waals surface area contributed by atoms with Gasteiger partial charge in [0.1, 0.15) is 0 Å². The Morgan fingerprint density at radius 3 is 2.31 bits per heavy atom. The van der Waals surface area contributed by atoms with Crippen molar-refractivity contribution in [3.05, 3.63) is 60.2 Å². The van der Waals surface area contributed by atoms with Gasteiger partial charge in [-0.2, -0.15) is 0 Å². The Bertz CT molecular complexity index is 770. The van der Waals surface area contributed by atoms with E-state index in [2.05, 4.69) is 41.0 Å². The number of nitrogen functional groups attached to an aromatic ring is 1. The first kappa shape index (κ1) is 21.2. The number of methoxy groups -OCH3 is 1. The lowest BCUT2D eigenvalue weighted by molar-refractivity contribution is -0.142. The molecule has 0 radical (unpaired) electrons. The number of carbonyl (C=O) groups is 1. The molecule has 1 aliphatic rings. The van der Waals surface area contributed by atoms with Crippen LogP contribution >= 0.6 is 0 Å². The van der Waals surface area contributed by atoms with Gasteiger partial charge in [-0.15, -0.1) is 0 Å². The number of nitrogens with zero attached hydrogens (tertiary/aromatic N) is 2. The second kappa shape index (κ2) is 9.79. The SMILES string of the molecule is COC(=O)CC(C)(CCCN1CCN(c2ccc(N)cc2)CC1)c1ccccc1. The van der Waals surface area contributed by atoms with Gasteiger partial charge >= 0.3 is 5.97 Å². The lowest BCUT2D eigenvalue weighted by atomic mass is 9.76. The fourth-order valence-corrected chi connectivity index (χ4v) is 4.17. The Balaban J connectivity index is 1.51. The molecule has 3 rings (SSSR count). The summed E-state index contributed by atoms with van der Waals surface area (Å²) in [6, 6.07) is 18.5. The molecule has 2 N–H and O–H groups in total. The van der Waals surface area contributed by atoms with Crippen LogP contribution in [-0.4, -0.2) is 50.7 Å². The van der Waals surface area contributed by atoms with E-state index < -0.39 is 0 Å². The van der Waals surface area contributed by atoms with Gasteiger partial charge in [0.05, 0.1) is 13.5 Å². The molecule has 1 saturated heterocycles. The molecule has 2 aromatic rings. The minimum atomic E-state index is -0.194. The minimum absolute atomic E-state index is 0.145. The van der Waals surface area contributed by atoms with Gasteiger partial charge in [0.15, 0.2) is 0 Å². The third kappa shape index (κ3) is 5.73. The summed E-state index contributed by atoms with van der Waals surface area (Å²) in [6.45, 7) is 7.41. The number of piperazine rings is 1. The molecule has 5 nitrogen and oxygen atoms in total. The second-order valence-electron chi connectivity index (χ2n) is 8.20. The summed E-state index contributed by atoms with van der Waals surface area (Å²) in [6.07, 6.45) is 2.44. The summed E-state index contributed by atoms with van der Waals surface area (Å²) in [5.41, 5.74) is 8.86. The normalized spacial score (nSPS) is 17.0. The fraction of sp³-hybridized carbons (Fsp3) is 0.458. The fourth-order valence-electron chi connectivity index (χ4n) is 4.17. The number of rotatable bonds is 8. The van der Waals surface area contributed by atoms with Crippen LogP contribution in [0.4, 0.5) is 11.4 Å². The molecule has 29 heavy (non-hydrogen) atoms. The van der Waals surface area contributed by atoms with Crippen LogP contribution in [0.25, 0.3) is 0 Å². The van der Waals surface area contributed by atoms with Crippen LogP contribution in [0.15, 0.2) is 54.6 Å². The van der Waals surface area contributed by atoms with E-state index in [9.17, 15) is 4.79 Å². The van der Waals surface area contributed by atoms with E-state index in [1.165, 1.54) is 18.4 Å². The van der Waals surface area contributed by atoms with Crippen molar-refractivity contribution in [3.63, 3.8) is 0 Å². The van der Waals surface area contributed by atoms with Crippen molar-refractivity contribution in [2.75, 3.05) is 50.5 Å². The van der Waals surface area contributed by atoms with Gasteiger partial charge in [-0.1, -0.05) is 37.3 Å². The lowest BCUT2D eigenvalue weighted by Crippen LogP contribution is -2.46. The zero-order valence-electron chi connectivity index (χ0n) is 17.6. The summed E-state index contributed by atoms with van der Waals surface area (Å²) in [4.78, 5) is 17.0. The zero-order valence-corrected chi connectivity index (χ0v) is 17.6. The first-order valence-electron chi connectivity index (χ1n) is 10.5. The van der Waals surface area contributed by atoms with Crippen molar-refractivity contribution in [2.45, 2.75) is 31.6 Å². The van der Waals surface area contributed by atoms with E-state index in [1.54, 1.807) is 0 Å². The van der Waals surface area contributed by atoms with Crippen LogP contribution in [0, 0.1) is 0 Å². The Hall–Kier alpha value is -2.53. The average molecular weight is 396 g/mol. The average Bonchev–Trinajstić information content (AvgIpc) is 2.75. The predicted molar refractivity (Wildman–Crippen MR) is 119 cm³/mol. The van der Waals surface area contributed by atoms with Crippen molar-refractivity contribution in [3.8, 4) is 0 Å². The van der Waals surface area contributed by atoms with Crippen molar-refractivity contribution in [2.24, 2.45) is 0 Å². The number of hydrogen-bond donors (Lipinski definition) is 1. The van der Waals surface area contributed by atoms with Crippen LogP contribution in [-0.2, 0) is 14.9 Å². The van der Waals surface area contributed by atoms with E-state index >= 15 is 0 Å². The summed E-state index contributed by atoms with van der Waals surface area (Å²) in [7, 11) is 1.47. The molecule has 0 bridgehead atoms. The molecule has 1 atom stereocenters. The van der Waals surface area contributed by atoms with Gasteiger partial charge in [0.25, 0.3) is 0 Å². The molecule has 0 amide bonds. The molecular formula is C24H33N3O2. The molecule has 2 aromatic carbocycles. The van der Waals surface area contributed by atoms with Gasteiger partial charge in [-0.3, -0.25) is 9.69 Å². The van der Waals surface area contributed by atoms with Gasteiger partial charge < -0.3 is 15.4 Å². The molecular weight excluding hydrogens is 362 g/mol. The molecule has 1 heterocycles. The molecule has 1 unspecified atom stereocenters. The van der Waals surface area contributed by atoms with Gasteiger partial charge in [0.2, 0.25) is 0 Å². The second-order valence-corrected chi connectivity index (χ2v) is 8.20. The van der Waals surface area contributed by atoms with Crippen LogP contribution in [0.1, 0.15) is 31.7 Å². The van der Waals surface area contributed by atoms with E-state index in [0.29, 0.717) is 6.42 Å². The van der Waals surface area contributed by atoms with E-state index in [1.807, 2.05) is 30.3 Å². The quantitative estimate of drug-likeness (QED) is 0.546. The largest absolute Gasteiger partial charge is 0.469 e. The van der Waals surface area contributed by atoms with Crippen molar-refractivity contribution >= 4 is 17.3 Å². The van der Waals surface area contributed by atoms with Gasteiger partial charge in [-0.25, -0.2) is 0 Å². The minimum Gasteiger partial charge on any atom is -0.469 e. The molecule has 0 aromatic heterocycles. The number of nitrogens with two attached hydrogens (primary N) is 1. The Labute approximate surface area is 174 Å². The predicted octanol–water partition coefficient (Wildman–Crippen LogP) is 3.69. The zero-order chi connectivity index (χ0) is 20.7. The monoisotopic (exact) mass is 395 g/mol. The Morgan fingerprint density at radius 2 is 1.69 bits per heavy atom. The number of esters is 1. The Morgan fingerprint density at radius 1 is 1.03 bits per heavy atom.